The summed E-state index contributed by atoms with van der Waals surface area (Å²) in [5.74, 6) is -1.10. The van der Waals surface area contributed by atoms with Crippen LogP contribution in [0, 0.1) is 0 Å². The summed E-state index contributed by atoms with van der Waals surface area (Å²) >= 11 is 0. The monoisotopic (exact) mass is 621 g/mol. The molecule has 0 heterocycles. The molecule has 1 unspecified atom stereocenters. The van der Waals surface area contributed by atoms with Gasteiger partial charge in [-0.25, -0.2) is 0 Å². The van der Waals surface area contributed by atoms with Gasteiger partial charge in [0.15, 0.2) is 0 Å². The first-order valence-corrected chi connectivity index (χ1v) is 19.7. The van der Waals surface area contributed by atoms with Gasteiger partial charge >= 0.3 is 11.9 Å². The van der Waals surface area contributed by atoms with E-state index in [1.807, 2.05) is 0 Å². The highest BCUT2D eigenvalue weighted by atomic mass is 16.5. The van der Waals surface area contributed by atoms with Crippen LogP contribution in [0.1, 0.15) is 226 Å². The molecule has 260 valence electrons. The number of carbonyl (C=O) groups excluding carboxylic acids is 1. The SMILES string of the molecule is CCCCCC/C=C\CCCCCCCC(=O)OC(CCCCCCCCCCCCCCCCCCCCC)CC(=O)O. The van der Waals surface area contributed by atoms with Crippen LogP contribution < -0.4 is 0 Å². The van der Waals surface area contributed by atoms with Crippen molar-refractivity contribution in [2.45, 2.75) is 232 Å². The average Bonchev–Trinajstić information content (AvgIpc) is 3.00. The van der Waals surface area contributed by atoms with E-state index in [9.17, 15) is 14.7 Å². The van der Waals surface area contributed by atoms with E-state index in [2.05, 4.69) is 26.0 Å². The predicted molar refractivity (Wildman–Crippen MR) is 190 cm³/mol. The lowest BCUT2D eigenvalue weighted by atomic mass is 10.0. The van der Waals surface area contributed by atoms with Crippen LogP contribution in [-0.4, -0.2) is 23.1 Å². The molecule has 0 aliphatic carbocycles. The normalized spacial score (nSPS) is 12.2. The average molecular weight is 621 g/mol. The molecular formula is C40H76O4. The van der Waals surface area contributed by atoms with Crippen molar-refractivity contribution in [3.63, 3.8) is 0 Å². The summed E-state index contributed by atoms with van der Waals surface area (Å²) in [6.07, 6.45) is 43.8. The molecule has 4 heteroatoms. The standard InChI is InChI=1S/C40H76O4/c1-3-5-7-9-11-13-15-17-18-19-20-21-22-24-25-27-29-31-33-35-38(37-39(41)42)44-40(43)36-34-32-30-28-26-23-16-14-12-10-8-6-4-2/h14,16,38H,3-13,15,17-37H2,1-2H3,(H,41,42)/b16-14-. The number of aliphatic carboxylic acids is 1. The molecule has 0 spiro atoms. The maximum Gasteiger partial charge on any atom is 0.307 e. The van der Waals surface area contributed by atoms with Gasteiger partial charge in [0.05, 0.1) is 6.42 Å². The summed E-state index contributed by atoms with van der Waals surface area (Å²) in [4.78, 5) is 23.6. The Kier molecular flexibility index (Phi) is 35.1. The number of carboxylic acids is 1. The number of esters is 1. The molecule has 0 aliphatic rings. The second kappa shape index (κ2) is 36.2. The van der Waals surface area contributed by atoms with Gasteiger partial charge in [0, 0.05) is 6.42 Å². The fourth-order valence-corrected chi connectivity index (χ4v) is 6.08. The molecule has 1 atom stereocenters. The molecule has 0 bridgehead atoms. The van der Waals surface area contributed by atoms with Crippen molar-refractivity contribution in [2.75, 3.05) is 0 Å². The minimum Gasteiger partial charge on any atom is -0.481 e. The zero-order chi connectivity index (χ0) is 32.2. The van der Waals surface area contributed by atoms with Crippen molar-refractivity contribution in [2.24, 2.45) is 0 Å². The summed E-state index contributed by atoms with van der Waals surface area (Å²) < 4.78 is 5.58. The molecular weight excluding hydrogens is 544 g/mol. The maximum absolute atomic E-state index is 12.3. The Morgan fingerprint density at radius 3 is 1.25 bits per heavy atom. The third-order valence-corrected chi connectivity index (χ3v) is 8.97. The number of unbranched alkanes of at least 4 members (excludes halogenated alkanes) is 27. The minimum absolute atomic E-state index is 0.0725. The van der Waals surface area contributed by atoms with E-state index in [-0.39, 0.29) is 12.4 Å². The van der Waals surface area contributed by atoms with Gasteiger partial charge in [-0.2, -0.15) is 0 Å². The quantitative estimate of drug-likeness (QED) is 0.0430. The molecule has 0 aromatic heterocycles. The van der Waals surface area contributed by atoms with Crippen molar-refractivity contribution in [1.82, 2.24) is 0 Å². The third kappa shape index (κ3) is 35.2. The van der Waals surface area contributed by atoms with Gasteiger partial charge in [-0.05, 0) is 44.9 Å². The van der Waals surface area contributed by atoms with Gasteiger partial charge in [0.2, 0.25) is 0 Å². The van der Waals surface area contributed by atoms with Gasteiger partial charge in [0.1, 0.15) is 6.10 Å². The molecule has 0 radical (unpaired) electrons. The number of ether oxygens (including phenoxy) is 1. The van der Waals surface area contributed by atoms with Crippen LogP contribution in [0.4, 0.5) is 0 Å². The maximum atomic E-state index is 12.3. The van der Waals surface area contributed by atoms with Crippen LogP contribution in [0.5, 0.6) is 0 Å². The van der Waals surface area contributed by atoms with Crippen LogP contribution in [0.15, 0.2) is 12.2 Å². The Morgan fingerprint density at radius 1 is 0.500 bits per heavy atom. The Morgan fingerprint density at radius 2 is 0.841 bits per heavy atom. The van der Waals surface area contributed by atoms with Gasteiger partial charge in [-0.1, -0.05) is 180 Å². The van der Waals surface area contributed by atoms with E-state index in [1.54, 1.807) is 0 Å². The number of carbonyl (C=O) groups is 2. The molecule has 0 amide bonds. The number of hydrogen-bond acceptors (Lipinski definition) is 3. The van der Waals surface area contributed by atoms with E-state index in [4.69, 9.17) is 4.74 Å². The van der Waals surface area contributed by atoms with E-state index < -0.39 is 12.1 Å². The number of allylic oxidation sites excluding steroid dienone is 2. The lowest BCUT2D eigenvalue weighted by molar-refractivity contribution is -0.153. The first-order chi connectivity index (χ1) is 21.6. The molecule has 4 nitrogen and oxygen atoms in total. The van der Waals surface area contributed by atoms with Crippen molar-refractivity contribution < 1.29 is 19.4 Å². The Bertz CT molecular complexity index is 629. The van der Waals surface area contributed by atoms with Crippen molar-refractivity contribution in [3.05, 3.63) is 12.2 Å². The first kappa shape index (κ1) is 42.7. The zero-order valence-electron chi connectivity index (χ0n) is 29.7. The van der Waals surface area contributed by atoms with Crippen LogP contribution >= 0.6 is 0 Å². The Labute approximate surface area is 275 Å². The summed E-state index contributed by atoms with van der Waals surface area (Å²) in [5.41, 5.74) is 0. The van der Waals surface area contributed by atoms with Crippen molar-refractivity contribution in [3.8, 4) is 0 Å². The predicted octanol–water partition coefficient (Wildman–Crippen LogP) is 13.5. The third-order valence-electron chi connectivity index (χ3n) is 8.97. The topological polar surface area (TPSA) is 63.6 Å². The number of rotatable bonds is 36. The van der Waals surface area contributed by atoms with Crippen molar-refractivity contribution >= 4 is 11.9 Å². The fourth-order valence-electron chi connectivity index (χ4n) is 6.08. The Hall–Kier alpha value is -1.32. The van der Waals surface area contributed by atoms with Gasteiger partial charge in [0.25, 0.3) is 0 Å². The largest absolute Gasteiger partial charge is 0.481 e. The van der Waals surface area contributed by atoms with E-state index in [0.29, 0.717) is 12.8 Å². The summed E-state index contributed by atoms with van der Waals surface area (Å²) in [6.45, 7) is 4.53. The highest BCUT2D eigenvalue weighted by Gasteiger charge is 2.17. The molecule has 0 fully saturated rings. The molecule has 0 aromatic rings. The second-order valence-corrected chi connectivity index (χ2v) is 13.5. The fraction of sp³-hybridized carbons (Fsp3) is 0.900. The lowest BCUT2D eigenvalue weighted by Crippen LogP contribution is -2.21. The zero-order valence-corrected chi connectivity index (χ0v) is 29.7. The molecule has 1 N–H and O–H groups in total. The molecule has 44 heavy (non-hydrogen) atoms. The van der Waals surface area contributed by atoms with E-state index in [1.165, 1.54) is 154 Å². The van der Waals surface area contributed by atoms with Gasteiger partial charge < -0.3 is 9.84 Å². The van der Waals surface area contributed by atoms with Gasteiger partial charge in [-0.15, -0.1) is 0 Å². The number of carboxylic acid groups (broad SMARTS) is 1. The second-order valence-electron chi connectivity index (χ2n) is 13.5. The van der Waals surface area contributed by atoms with Crippen molar-refractivity contribution in [1.29, 1.82) is 0 Å². The van der Waals surface area contributed by atoms with Gasteiger partial charge in [-0.3, -0.25) is 9.59 Å². The van der Waals surface area contributed by atoms with Crippen LogP contribution in [0.3, 0.4) is 0 Å². The molecule has 0 rings (SSSR count). The first-order valence-electron chi connectivity index (χ1n) is 19.7. The molecule has 0 saturated carbocycles. The summed E-state index contributed by atoms with van der Waals surface area (Å²) in [7, 11) is 0. The summed E-state index contributed by atoms with van der Waals surface area (Å²) in [5, 5.41) is 9.26. The van der Waals surface area contributed by atoms with Crippen LogP contribution in [0.2, 0.25) is 0 Å². The smallest absolute Gasteiger partial charge is 0.307 e. The molecule has 0 aliphatic heterocycles. The highest BCUT2D eigenvalue weighted by Crippen LogP contribution is 2.17. The minimum atomic E-state index is -0.879. The molecule has 0 aromatic carbocycles. The lowest BCUT2D eigenvalue weighted by Gasteiger charge is -2.16. The Balaban J connectivity index is 3.61. The molecule has 0 saturated heterocycles. The van der Waals surface area contributed by atoms with E-state index in [0.717, 1.165) is 38.5 Å². The van der Waals surface area contributed by atoms with Crippen LogP contribution in [-0.2, 0) is 14.3 Å². The summed E-state index contributed by atoms with van der Waals surface area (Å²) in [6, 6.07) is 0. The number of hydrogen-bond donors (Lipinski definition) is 1. The van der Waals surface area contributed by atoms with Crippen LogP contribution in [0.25, 0.3) is 0 Å². The van der Waals surface area contributed by atoms with E-state index >= 15 is 0 Å². The highest BCUT2D eigenvalue weighted by molar-refractivity contribution is 5.71.